The third kappa shape index (κ3) is 5.47. The van der Waals surface area contributed by atoms with Gasteiger partial charge in [0.25, 0.3) is 5.91 Å². The highest BCUT2D eigenvalue weighted by Gasteiger charge is 2.42. The predicted molar refractivity (Wildman–Crippen MR) is 147 cm³/mol. The molecule has 1 saturated heterocycles. The molecule has 4 atom stereocenters. The Morgan fingerprint density at radius 2 is 1.89 bits per heavy atom. The lowest BCUT2D eigenvalue weighted by Gasteiger charge is -2.41. The van der Waals surface area contributed by atoms with Crippen LogP contribution in [0.1, 0.15) is 42.2 Å². The minimum absolute atomic E-state index is 0.176. The number of nitrogens with zero attached hydrogens (tertiary/aromatic N) is 3. The zero-order valence-electron chi connectivity index (χ0n) is 21.8. The van der Waals surface area contributed by atoms with Crippen LogP contribution in [0.2, 0.25) is 0 Å². The fraction of sp³-hybridized carbons (Fsp3) is 0.448. The molecule has 2 fully saturated rings. The molecule has 1 amide bonds. The van der Waals surface area contributed by atoms with Crippen LogP contribution in [0.4, 0.5) is 0 Å². The number of rotatable bonds is 8. The monoisotopic (exact) mass is 536 g/mol. The average Bonchev–Trinajstić information content (AvgIpc) is 3.39. The number of hydrogen-bond acceptors (Lipinski definition) is 6. The molecule has 2 heterocycles. The third-order valence-electron chi connectivity index (χ3n) is 7.69. The number of methoxy groups -OCH3 is 1. The Balaban J connectivity index is 1.50. The Bertz CT molecular complexity index is 1250. The van der Waals surface area contributed by atoms with E-state index in [1.807, 2.05) is 70.1 Å². The van der Waals surface area contributed by atoms with Crippen LogP contribution in [0.25, 0.3) is 11.3 Å². The Labute approximate surface area is 226 Å². The van der Waals surface area contributed by atoms with Crippen LogP contribution in [0.5, 0.6) is 0 Å². The molecule has 8 nitrogen and oxygen atoms in total. The molecular weight excluding hydrogens is 500 g/mol. The number of carbonyl (C=O) groups is 1. The molecule has 38 heavy (non-hydrogen) atoms. The van der Waals surface area contributed by atoms with Crippen LogP contribution in [-0.4, -0.2) is 80.4 Å². The van der Waals surface area contributed by atoms with Gasteiger partial charge in [0.1, 0.15) is 5.60 Å². The number of aromatic nitrogens is 2. The lowest BCUT2D eigenvalue weighted by molar-refractivity contribution is -0.0893. The van der Waals surface area contributed by atoms with Crippen LogP contribution < -0.4 is 5.32 Å². The number of piperazine rings is 1. The number of carbonyl (C=O) groups excluding carboxylic acids is 1. The molecule has 1 aromatic heterocycles. The first-order valence-corrected chi connectivity index (χ1v) is 14.6. The number of hydrogen-bond donors (Lipinski definition) is 2. The molecule has 2 aromatic carbocycles. The van der Waals surface area contributed by atoms with E-state index in [-0.39, 0.29) is 24.6 Å². The molecule has 9 heteroatoms. The van der Waals surface area contributed by atoms with Gasteiger partial charge in [0.2, 0.25) is 0 Å². The largest absolute Gasteiger partial charge is 0.385 e. The number of imidazole rings is 1. The SMILES string of the molecule is COC[C@]1(O)CCCC[C@H]1n1cnc(C(=O)N2CCNC[C@H]2CS(=O)c2ccccc2)c1-c1ccccc1. The Kier molecular flexibility index (Phi) is 8.38. The normalized spacial score (nSPS) is 24.7. The maximum absolute atomic E-state index is 14.1. The van der Waals surface area contributed by atoms with E-state index in [9.17, 15) is 14.1 Å². The van der Waals surface area contributed by atoms with Crippen molar-refractivity contribution in [3.63, 3.8) is 0 Å². The summed E-state index contributed by atoms with van der Waals surface area (Å²) in [5.41, 5.74) is 0.900. The van der Waals surface area contributed by atoms with E-state index in [1.165, 1.54) is 0 Å². The van der Waals surface area contributed by atoms with Crippen molar-refractivity contribution in [1.82, 2.24) is 19.8 Å². The number of benzene rings is 2. The standard InChI is InChI=1S/C29H36N4O4S/c1-37-20-29(35)15-9-8-14-25(29)33-21-31-26(27(33)22-10-4-2-5-11-22)28(34)32-17-16-30-18-23(32)19-38(36)24-12-6-3-7-13-24/h2-7,10-13,21,23,25,30,35H,8-9,14-20H2,1H3/t23-,25+,29+,38?/m0/s1. The molecule has 1 saturated carbocycles. The lowest BCUT2D eigenvalue weighted by Crippen LogP contribution is -2.55. The Morgan fingerprint density at radius 1 is 1.16 bits per heavy atom. The summed E-state index contributed by atoms with van der Waals surface area (Å²) < 4.78 is 20.5. The van der Waals surface area contributed by atoms with Crippen LogP contribution >= 0.6 is 0 Å². The highest BCUT2D eigenvalue weighted by molar-refractivity contribution is 7.85. The molecule has 202 valence electrons. The molecule has 1 aliphatic carbocycles. The molecule has 0 bridgehead atoms. The Hall–Kier alpha value is -2.85. The summed E-state index contributed by atoms with van der Waals surface area (Å²) >= 11 is 0. The lowest BCUT2D eigenvalue weighted by atomic mass is 9.80. The van der Waals surface area contributed by atoms with E-state index >= 15 is 0 Å². The number of nitrogens with one attached hydrogen (secondary N) is 1. The van der Waals surface area contributed by atoms with Crippen molar-refractivity contribution in [1.29, 1.82) is 0 Å². The van der Waals surface area contributed by atoms with Crippen molar-refractivity contribution in [3.05, 3.63) is 72.7 Å². The molecular formula is C29H36N4O4S. The van der Waals surface area contributed by atoms with Crippen molar-refractivity contribution in [3.8, 4) is 11.3 Å². The summed E-state index contributed by atoms with van der Waals surface area (Å²) in [5.74, 6) is 0.172. The molecule has 0 radical (unpaired) electrons. The van der Waals surface area contributed by atoms with Gasteiger partial charge in [-0.25, -0.2) is 4.98 Å². The minimum Gasteiger partial charge on any atom is -0.385 e. The first-order chi connectivity index (χ1) is 18.5. The summed E-state index contributed by atoms with van der Waals surface area (Å²) in [7, 11) is 0.372. The topological polar surface area (TPSA) is 96.7 Å². The van der Waals surface area contributed by atoms with Crippen molar-refractivity contribution in [2.75, 3.05) is 39.1 Å². The first-order valence-electron chi connectivity index (χ1n) is 13.3. The highest BCUT2D eigenvalue weighted by Crippen LogP contribution is 2.41. The van der Waals surface area contributed by atoms with Crippen molar-refractivity contribution in [2.24, 2.45) is 0 Å². The van der Waals surface area contributed by atoms with E-state index < -0.39 is 16.4 Å². The number of ether oxygens (including phenoxy) is 1. The van der Waals surface area contributed by atoms with Gasteiger partial charge in [-0.1, -0.05) is 61.4 Å². The van der Waals surface area contributed by atoms with Crippen LogP contribution in [0, 0.1) is 0 Å². The maximum Gasteiger partial charge on any atom is 0.275 e. The zero-order chi connectivity index (χ0) is 26.5. The second-order valence-corrected chi connectivity index (χ2v) is 11.7. The number of amides is 1. The average molecular weight is 537 g/mol. The Morgan fingerprint density at radius 3 is 2.63 bits per heavy atom. The maximum atomic E-state index is 14.1. The molecule has 2 aliphatic rings. The van der Waals surface area contributed by atoms with Crippen molar-refractivity contribution < 1.29 is 18.8 Å². The van der Waals surface area contributed by atoms with Gasteiger partial charge in [-0.2, -0.15) is 0 Å². The van der Waals surface area contributed by atoms with E-state index in [1.54, 1.807) is 13.4 Å². The van der Waals surface area contributed by atoms with Crippen molar-refractivity contribution >= 4 is 16.7 Å². The molecule has 5 rings (SSSR count). The highest BCUT2D eigenvalue weighted by atomic mass is 32.2. The fourth-order valence-corrected chi connectivity index (χ4v) is 7.11. The molecule has 0 spiro atoms. The van der Waals surface area contributed by atoms with E-state index in [0.717, 1.165) is 29.7 Å². The third-order valence-corrected chi connectivity index (χ3v) is 9.18. The smallest absolute Gasteiger partial charge is 0.275 e. The minimum atomic E-state index is -1.23. The summed E-state index contributed by atoms with van der Waals surface area (Å²) in [6.07, 6.45) is 5.02. The second kappa shape index (κ2) is 11.9. The van der Waals surface area contributed by atoms with Gasteiger partial charge in [-0.05, 0) is 25.0 Å². The van der Waals surface area contributed by atoms with Gasteiger partial charge in [-0.15, -0.1) is 0 Å². The van der Waals surface area contributed by atoms with Crippen LogP contribution in [-0.2, 0) is 15.5 Å². The summed E-state index contributed by atoms with van der Waals surface area (Å²) in [4.78, 5) is 21.4. The summed E-state index contributed by atoms with van der Waals surface area (Å²) in [6, 6.07) is 18.7. The van der Waals surface area contributed by atoms with Gasteiger partial charge in [0.05, 0.1) is 41.5 Å². The van der Waals surface area contributed by atoms with E-state index in [0.29, 0.717) is 43.2 Å². The van der Waals surface area contributed by atoms with Gasteiger partial charge < -0.3 is 24.6 Å². The first kappa shape index (κ1) is 26.7. The van der Waals surface area contributed by atoms with Crippen LogP contribution in [0.3, 0.4) is 0 Å². The zero-order valence-corrected chi connectivity index (χ0v) is 22.6. The predicted octanol–water partition coefficient (Wildman–Crippen LogP) is 3.26. The summed E-state index contributed by atoms with van der Waals surface area (Å²) in [5, 5.41) is 14.9. The molecule has 2 N–H and O–H groups in total. The number of aliphatic hydroxyl groups is 1. The second-order valence-electron chi connectivity index (χ2n) is 10.2. The van der Waals surface area contributed by atoms with Crippen molar-refractivity contribution in [2.45, 2.75) is 48.3 Å². The van der Waals surface area contributed by atoms with E-state index in [4.69, 9.17) is 4.74 Å². The molecule has 1 unspecified atom stereocenters. The quantitative estimate of drug-likeness (QED) is 0.459. The van der Waals surface area contributed by atoms with Gasteiger partial charge in [0, 0.05) is 43.0 Å². The molecule has 3 aromatic rings. The van der Waals surface area contributed by atoms with Gasteiger partial charge in [-0.3, -0.25) is 9.00 Å². The summed E-state index contributed by atoms with van der Waals surface area (Å²) in [6.45, 7) is 1.96. The fourth-order valence-electron chi connectivity index (χ4n) is 5.81. The van der Waals surface area contributed by atoms with Crippen LogP contribution in [0.15, 0.2) is 71.9 Å². The van der Waals surface area contributed by atoms with Gasteiger partial charge in [0.15, 0.2) is 5.69 Å². The van der Waals surface area contributed by atoms with Gasteiger partial charge >= 0.3 is 0 Å². The van der Waals surface area contributed by atoms with E-state index in [2.05, 4.69) is 10.3 Å². The molecule has 1 aliphatic heterocycles.